The number of fused-ring (bicyclic) bond motifs is 14. The number of furan rings is 1. The first-order chi connectivity index (χ1) is 33.1. The first-order valence-electron chi connectivity index (χ1n) is 23.7. The molecule has 0 fully saturated rings. The summed E-state index contributed by atoms with van der Waals surface area (Å²) in [6, 6.07) is 34.7. The largest absolute Gasteiger partial charge is 0.456 e. The second-order valence-corrected chi connectivity index (χ2v) is 16.7. The molecule has 0 saturated carbocycles. The first-order valence-corrected chi connectivity index (χ1v) is 20.7. The first kappa shape index (κ1) is 26.5. The van der Waals surface area contributed by atoms with Gasteiger partial charge in [0.1, 0.15) is 11.2 Å². The minimum absolute atomic E-state index is 0.0758. The van der Waals surface area contributed by atoms with Crippen LogP contribution >= 0.6 is 0 Å². The predicted molar refractivity (Wildman–Crippen MR) is 236 cm³/mol. The molecular formula is C53H33N3O3S. The van der Waals surface area contributed by atoms with Crippen LogP contribution in [0.25, 0.3) is 78.4 Å². The maximum atomic E-state index is 15.2. The van der Waals surface area contributed by atoms with E-state index in [0.29, 0.717) is 38.8 Å². The summed E-state index contributed by atoms with van der Waals surface area (Å²) in [4.78, 5) is 14.5. The van der Waals surface area contributed by atoms with Crippen molar-refractivity contribution in [3.05, 3.63) is 210 Å². The number of para-hydroxylation sites is 1. The zero-order valence-corrected chi connectivity index (χ0v) is 32.4. The molecule has 1 aliphatic carbocycles. The normalized spacial score (nSPS) is 17.9. The molecule has 3 heterocycles. The van der Waals surface area contributed by atoms with Crippen LogP contribution in [0.3, 0.4) is 0 Å². The van der Waals surface area contributed by atoms with Crippen LogP contribution in [0, 0.1) is 6.92 Å². The lowest BCUT2D eigenvalue weighted by Crippen LogP contribution is -2.38. The Bertz CT molecular complexity index is 3940. The van der Waals surface area contributed by atoms with Gasteiger partial charge in [-0.2, -0.15) is 0 Å². The highest BCUT2D eigenvalue weighted by Gasteiger charge is 2.52. The van der Waals surface area contributed by atoms with Gasteiger partial charge in [-0.15, -0.1) is 0 Å². The number of nitrogens with zero attached hydrogens (tertiary/aromatic N) is 3. The van der Waals surface area contributed by atoms with E-state index in [9.17, 15) is 0 Å². The van der Waals surface area contributed by atoms with Gasteiger partial charge < -0.3 is 4.42 Å². The fourth-order valence-corrected chi connectivity index (χ4v) is 10.9. The van der Waals surface area contributed by atoms with E-state index in [4.69, 9.17) is 26.7 Å². The van der Waals surface area contributed by atoms with Gasteiger partial charge in [0.05, 0.1) is 27.5 Å². The maximum absolute atomic E-state index is 15.2. The van der Waals surface area contributed by atoms with Crippen molar-refractivity contribution >= 4 is 31.8 Å². The topological polar surface area (TPSA) is 86.0 Å². The fraction of sp³-hybridized carbons (Fsp3) is 0.0377. The molecule has 0 saturated heterocycles. The quantitative estimate of drug-likeness (QED) is 0.177. The third kappa shape index (κ3) is 4.87. The lowest BCUT2D eigenvalue weighted by molar-refractivity contribution is 0.579. The van der Waals surface area contributed by atoms with Crippen LogP contribution < -0.4 is 0 Å². The van der Waals surface area contributed by atoms with Crippen LogP contribution in [-0.2, 0) is 15.3 Å². The van der Waals surface area contributed by atoms with Crippen LogP contribution in [-0.4, -0.2) is 23.4 Å². The van der Waals surface area contributed by atoms with Gasteiger partial charge in [-0.3, -0.25) is 0 Å². The lowest BCUT2D eigenvalue weighted by atomic mass is 9.63. The number of benzene rings is 8. The Morgan fingerprint density at radius 2 is 1.13 bits per heavy atom. The monoisotopic (exact) mass is 800 g/mol. The van der Waals surface area contributed by atoms with Crippen molar-refractivity contribution in [2.75, 3.05) is 0 Å². The van der Waals surface area contributed by atoms with Crippen molar-refractivity contribution in [3.8, 4) is 56.4 Å². The zero-order valence-electron chi connectivity index (χ0n) is 40.6. The summed E-state index contributed by atoms with van der Waals surface area (Å²) >= 11 is 0. The van der Waals surface area contributed by atoms with Crippen LogP contribution in [0.15, 0.2) is 196 Å². The molecule has 0 bridgehead atoms. The molecule has 60 heavy (non-hydrogen) atoms. The highest BCUT2D eigenvalue weighted by atomic mass is 32.2. The highest BCUT2D eigenvalue weighted by Crippen LogP contribution is 2.60. The van der Waals surface area contributed by atoms with Gasteiger partial charge in [0.15, 0.2) is 17.5 Å². The predicted octanol–water partition coefficient (Wildman–Crippen LogP) is 12.3. The molecule has 2 aromatic heterocycles. The smallest absolute Gasteiger partial charge is 0.207 e. The molecular weight excluding hydrogens is 759 g/mol. The molecule has 1 aliphatic heterocycles. The molecule has 1 atom stereocenters. The Hall–Kier alpha value is -7.48. The molecule has 12 rings (SSSR count). The van der Waals surface area contributed by atoms with Crippen molar-refractivity contribution in [1.82, 2.24) is 15.0 Å². The van der Waals surface area contributed by atoms with Gasteiger partial charge >= 0.3 is 0 Å². The Labute approximate surface area is 359 Å². The Balaban J connectivity index is 1.25. The molecule has 284 valence electrons. The molecule has 8 aromatic carbocycles. The number of hydrogen-bond acceptors (Lipinski definition) is 6. The van der Waals surface area contributed by atoms with E-state index in [-0.39, 0.29) is 56.0 Å². The molecule has 10 aromatic rings. The SMILES string of the molecule is [2H]c1c([2H])c([2H])c(-c2nc(-c3ccc4c(c3)C3(c5ccccc5-c5ccccc5-4)c4ccccc4S(=O)(=O)c4cc5c(cc43)oc3ccccc35)nc(-c3c([2H])c([2H])c([2H])c(C)c3[2H])n2)c([2H])c1[2H]. The van der Waals surface area contributed by atoms with Gasteiger partial charge in [-0.05, 0) is 87.8 Å². The van der Waals surface area contributed by atoms with E-state index in [0.717, 1.165) is 33.2 Å². The van der Waals surface area contributed by atoms with Gasteiger partial charge in [0, 0.05) is 27.5 Å². The Morgan fingerprint density at radius 3 is 1.93 bits per heavy atom. The summed E-state index contributed by atoms with van der Waals surface area (Å²) in [5, 5.41) is 1.39. The van der Waals surface area contributed by atoms with Crippen LogP contribution in [0.2, 0.25) is 0 Å². The highest BCUT2D eigenvalue weighted by molar-refractivity contribution is 7.91. The minimum atomic E-state index is -4.19. The number of aromatic nitrogens is 3. The van der Waals surface area contributed by atoms with Gasteiger partial charge in [-0.25, -0.2) is 23.4 Å². The molecule has 0 amide bonds. The molecule has 1 unspecified atom stereocenters. The fourth-order valence-electron chi connectivity index (χ4n) is 9.13. The van der Waals surface area contributed by atoms with Crippen molar-refractivity contribution < 1.29 is 25.2 Å². The van der Waals surface area contributed by atoms with Crippen LogP contribution in [0.4, 0.5) is 0 Å². The number of sulfone groups is 1. The summed E-state index contributed by atoms with van der Waals surface area (Å²) < 4.78 is 115. The van der Waals surface area contributed by atoms with Crippen molar-refractivity contribution in [3.63, 3.8) is 0 Å². The molecule has 6 nitrogen and oxygen atoms in total. The standard InChI is InChI=1S/C53H33N3O3S/c1-32-14-13-17-34(28-32)51-54-50(33-15-3-2-4-16-33)55-52(56-51)35-26-27-39-37-19-6-5-18-36(37)38-20-7-9-22-42(38)53(44(39)29-35)43-23-10-12-25-48(43)60(57,58)49-30-41-40-21-8-11-24-46(40)59-47(41)31-45(49)53/h2-31H,1H3/i2D,3D,4D,13D,14D,15D,16D,17D,28D. The average molecular weight is 801 g/mol. The van der Waals surface area contributed by atoms with Gasteiger partial charge in [0.2, 0.25) is 9.84 Å². The minimum Gasteiger partial charge on any atom is -0.456 e. The third-order valence-electron chi connectivity index (χ3n) is 11.6. The molecule has 1 spiro atoms. The van der Waals surface area contributed by atoms with Crippen molar-refractivity contribution in [1.29, 1.82) is 0 Å². The van der Waals surface area contributed by atoms with E-state index in [1.165, 1.54) is 6.92 Å². The van der Waals surface area contributed by atoms with E-state index >= 15 is 8.42 Å². The van der Waals surface area contributed by atoms with Crippen molar-refractivity contribution in [2.24, 2.45) is 0 Å². The maximum Gasteiger partial charge on any atom is 0.207 e. The number of hydrogen-bond donors (Lipinski definition) is 0. The third-order valence-corrected chi connectivity index (χ3v) is 13.5. The molecule has 0 N–H and O–H groups in total. The molecule has 7 heteroatoms. The average Bonchev–Trinajstić information content (AvgIpc) is 3.69. The van der Waals surface area contributed by atoms with E-state index in [1.54, 1.807) is 24.3 Å². The van der Waals surface area contributed by atoms with E-state index in [2.05, 4.69) is 4.98 Å². The van der Waals surface area contributed by atoms with E-state index < -0.39 is 57.5 Å². The van der Waals surface area contributed by atoms with Gasteiger partial charge in [-0.1, -0.05) is 151 Å². The second-order valence-electron chi connectivity index (χ2n) is 14.9. The van der Waals surface area contributed by atoms with Gasteiger partial charge in [0.25, 0.3) is 0 Å². The van der Waals surface area contributed by atoms with E-state index in [1.807, 2.05) is 103 Å². The molecule has 2 aliphatic rings. The lowest BCUT2D eigenvalue weighted by Gasteiger charge is -2.42. The zero-order chi connectivity index (χ0) is 48.0. The van der Waals surface area contributed by atoms with Crippen molar-refractivity contribution in [2.45, 2.75) is 22.1 Å². The summed E-state index contributed by atoms with van der Waals surface area (Å²) in [5.41, 5.74) is 5.19. The second kappa shape index (κ2) is 12.8. The van der Waals surface area contributed by atoms with Crippen LogP contribution in [0.5, 0.6) is 0 Å². The summed E-state index contributed by atoms with van der Waals surface area (Å²) in [7, 11) is -4.19. The Morgan fingerprint density at radius 1 is 0.500 bits per heavy atom. The number of rotatable bonds is 3. The molecule has 0 radical (unpaired) electrons. The summed E-state index contributed by atoms with van der Waals surface area (Å²) in [6.07, 6.45) is 0. The summed E-state index contributed by atoms with van der Waals surface area (Å²) in [6.45, 7) is 1.48. The van der Waals surface area contributed by atoms with Crippen LogP contribution in [0.1, 0.15) is 40.2 Å². The summed E-state index contributed by atoms with van der Waals surface area (Å²) in [5.74, 6) is -0.717. The Kier molecular flexibility index (Phi) is 5.64.